The van der Waals surface area contributed by atoms with Crippen LogP contribution >= 0.6 is 0 Å². The van der Waals surface area contributed by atoms with Gasteiger partial charge in [0.25, 0.3) is 10.1 Å². The van der Waals surface area contributed by atoms with Crippen LogP contribution in [0.1, 0.15) is 20.8 Å². The van der Waals surface area contributed by atoms with Gasteiger partial charge in [0.1, 0.15) is 0 Å². The molecule has 108 valence electrons. The smallest absolute Gasteiger partial charge is 0.291 e. The van der Waals surface area contributed by atoms with E-state index in [0.29, 0.717) is 0 Å². The molecule has 0 bridgehead atoms. The maximum absolute atomic E-state index is 11.6. The number of rotatable bonds is 6. The van der Waals surface area contributed by atoms with Gasteiger partial charge in [0.2, 0.25) is 11.8 Å². The predicted molar refractivity (Wildman–Crippen MR) is 70.7 cm³/mol. The molecule has 0 aromatic heterocycles. The third-order valence-electron chi connectivity index (χ3n) is 2.88. The van der Waals surface area contributed by atoms with Crippen LogP contribution in [0.2, 0.25) is 0 Å². The monoisotopic (exact) mass is 290 g/mol. The molecule has 0 aliphatic carbocycles. The molecule has 0 radical (unpaired) electrons. The minimum absolute atomic E-state index is 0.646. The van der Waals surface area contributed by atoms with Crippen molar-refractivity contribution < 1.29 is 22.6 Å². The molecule has 0 aromatic carbocycles. The van der Waals surface area contributed by atoms with Crippen molar-refractivity contribution in [1.29, 1.82) is 0 Å². The average Bonchev–Trinajstić information content (AvgIpc) is 2.26. The van der Waals surface area contributed by atoms with Crippen molar-refractivity contribution in [2.24, 2.45) is 0 Å². The van der Waals surface area contributed by atoms with E-state index in [2.05, 4.69) is 23.8 Å². The maximum Gasteiger partial charge on any atom is 0.291 e. The highest BCUT2D eigenvalue weighted by molar-refractivity contribution is 7.87. The molecule has 0 aliphatic heterocycles. The van der Waals surface area contributed by atoms with Crippen LogP contribution in [0.4, 0.5) is 0 Å². The molecule has 0 aromatic rings. The van der Waals surface area contributed by atoms with Gasteiger partial charge >= 0.3 is 0 Å². The number of carbonyl (C=O) groups is 2. The zero-order valence-corrected chi connectivity index (χ0v) is 11.9. The second-order valence-corrected chi connectivity index (χ2v) is 6.29. The first kappa shape index (κ1) is 17.3. The molecule has 0 saturated carbocycles. The highest BCUT2D eigenvalue weighted by atomic mass is 32.2. The Morgan fingerprint density at radius 1 is 1.05 bits per heavy atom. The van der Waals surface area contributed by atoms with Crippen molar-refractivity contribution >= 4 is 21.9 Å². The fraction of sp³-hybridized carbons (Fsp3) is 0.455. The molecule has 7 nitrogen and oxygen atoms in total. The Bertz CT molecular complexity index is 509. The molecular weight excluding hydrogens is 272 g/mol. The van der Waals surface area contributed by atoms with Gasteiger partial charge in [-0.25, -0.2) is 0 Å². The van der Waals surface area contributed by atoms with Gasteiger partial charge in [-0.05, 0) is 32.9 Å². The summed E-state index contributed by atoms with van der Waals surface area (Å²) < 4.78 is 32.4. The Morgan fingerprint density at radius 2 is 1.42 bits per heavy atom. The molecule has 0 rings (SSSR count). The first-order chi connectivity index (χ1) is 8.41. The number of carbonyl (C=O) groups excluding carboxylic acids is 2. The summed E-state index contributed by atoms with van der Waals surface area (Å²) in [6, 6.07) is 0. The van der Waals surface area contributed by atoms with Crippen molar-refractivity contribution in [1.82, 2.24) is 10.6 Å². The van der Waals surface area contributed by atoms with Gasteiger partial charge in [-0.3, -0.25) is 14.1 Å². The summed E-state index contributed by atoms with van der Waals surface area (Å²) in [5, 5.41) is 4.45. The van der Waals surface area contributed by atoms with Crippen LogP contribution < -0.4 is 10.6 Å². The van der Waals surface area contributed by atoms with E-state index in [-0.39, 0.29) is 0 Å². The van der Waals surface area contributed by atoms with Crippen LogP contribution in [0.3, 0.4) is 0 Å². The minimum Gasteiger partial charge on any atom is -0.344 e. The zero-order chi connectivity index (χ0) is 15.5. The molecule has 0 spiro atoms. The highest BCUT2D eigenvalue weighted by Crippen LogP contribution is 2.27. The van der Waals surface area contributed by atoms with E-state index >= 15 is 0 Å². The van der Waals surface area contributed by atoms with Gasteiger partial charge < -0.3 is 10.6 Å². The van der Waals surface area contributed by atoms with Gasteiger partial charge in [0.05, 0.1) is 5.54 Å². The van der Waals surface area contributed by atoms with Crippen molar-refractivity contribution in [2.75, 3.05) is 0 Å². The van der Waals surface area contributed by atoms with E-state index in [9.17, 15) is 22.6 Å². The lowest BCUT2D eigenvalue weighted by Gasteiger charge is -2.41. The van der Waals surface area contributed by atoms with Crippen LogP contribution in [-0.4, -0.2) is 35.2 Å². The minimum atomic E-state index is -4.71. The third kappa shape index (κ3) is 3.65. The van der Waals surface area contributed by atoms with E-state index in [4.69, 9.17) is 0 Å². The van der Waals surface area contributed by atoms with Gasteiger partial charge in [-0.1, -0.05) is 13.2 Å². The topological polar surface area (TPSA) is 113 Å². The molecule has 0 heterocycles. The van der Waals surface area contributed by atoms with Crippen LogP contribution in [0.15, 0.2) is 25.3 Å². The quantitative estimate of drug-likeness (QED) is 0.470. The zero-order valence-electron chi connectivity index (χ0n) is 11.1. The van der Waals surface area contributed by atoms with Crippen LogP contribution in [0, 0.1) is 0 Å². The molecule has 1 atom stereocenters. The van der Waals surface area contributed by atoms with Crippen molar-refractivity contribution in [3.8, 4) is 0 Å². The van der Waals surface area contributed by atoms with Crippen molar-refractivity contribution in [3.63, 3.8) is 0 Å². The molecular formula is C11H18N2O5S. The van der Waals surface area contributed by atoms with Gasteiger partial charge in [-0.15, -0.1) is 0 Å². The van der Waals surface area contributed by atoms with Gasteiger partial charge in [-0.2, -0.15) is 8.42 Å². The summed E-state index contributed by atoms with van der Waals surface area (Å²) >= 11 is 0. The van der Waals surface area contributed by atoms with Crippen LogP contribution in [0.5, 0.6) is 0 Å². The summed E-state index contributed by atoms with van der Waals surface area (Å²) in [7, 11) is -4.71. The standard InChI is InChI=1S/C11H18N2O5S/c1-6-8(14)12-10(3,4)11(5,19(16,17)18)13-9(15)7-2/h6-7H,1-2H2,3-5H3,(H,12,14)(H,13,15)(H,16,17,18). The fourth-order valence-electron chi connectivity index (χ4n) is 1.31. The third-order valence-corrected chi connectivity index (χ3v) is 4.52. The fourth-order valence-corrected chi connectivity index (χ4v) is 2.23. The van der Waals surface area contributed by atoms with E-state index < -0.39 is 32.3 Å². The number of hydrogen-bond acceptors (Lipinski definition) is 4. The lowest BCUT2D eigenvalue weighted by molar-refractivity contribution is -0.121. The predicted octanol–water partition coefficient (Wildman–Crippen LogP) is -0.0266. The van der Waals surface area contributed by atoms with Crippen LogP contribution in [0.25, 0.3) is 0 Å². The second kappa shape index (κ2) is 5.54. The van der Waals surface area contributed by atoms with Crippen molar-refractivity contribution in [2.45, 2.75) is 31.2 Å². The van der Waals surface area contributed by atoms with Gasteiger partial charge in [0.15, 0.2) is 4.87 Å². The van der Waals surface area contributed by atoms with Crippen molar-refractivity contribution in [3.05, 3.63) is 25.3 Å². The lowest BCUT2D eigenvalue weighted by atomic mass is 9.94. The van der Waals surface area contributed by atoms with E-state index in [1.165, 1.54) is 13.8 Å². The Labute approximate surface area is 112 Å². The molecule has 0 saturated heterocycles. The normalized spacial score (nSPS) is 14.9. The second-order valence-electron chi connectivity index (χ2n) is 4.52. The lowest BCUT2D eigenvalue weighted by Crippen LogP contribution is -2.70. The Hall–Kier alpha value is -1.67. The SMILES string of the molecule is C=CC(=O)NC(C)(C)C(C)(NC(=O)C=C)S(=O)(=O)O. The Balaban J connectivity index is 5.72. The summed E-state index contributed by atoms with van der Waals surface area (Å²) in [5.74, 6) is -1.45. The Morgan fingerprint density at radius 3 is 1.74 bits per heavy atom. The number of nitrogens with one attached hydrogen (secondary N) is 2. The number of amides is 2. The summed E-state index contributed by atoms with van der Waals surface area (Å²) in [6.07, 6.45) is 1.80. The summed E-state index contributed by atoms with van der Waals surface area (Å²) in [5.41, 5.74) is -1.50. The van der Waals surface area contributed by atoms with E-state index in [1.54, 1.807) is 0 Å². The molecule has 2 amide bonds. The molecule has 3 N–H and O–H groups in total. The van der Waals surface area contributed by atoms with Gasteiger partial charge in [0, 0.05) is 0 Å². The molecule has 1 unspecified atom stereocenters. The highest BCUT2D eigenvalue weighted by Gasteiger charge is 2.52. The van der Waals surface area contributed by atoms with E-state index in [0.717, 1.165) is 19.1 Å². The molecule has 0 aliphatic rings. The molecule has 0 fully saturated rings. The summed E-state index contributed by atoms with van der Waals surface area (Å²) in [4.78, 5) is 20.5. The van der Waals surface area contributed by atoms with E-state index in [1.807, 2.05) is 0 Å². The first-order valence-electron chi connectivity index (χ1n) is 5.27. The summed E-state index contributed by atoms with van der Waals surface area (Å²) in [6.45, 7) is 10.2. The first-order valence-corrected chi connectivity index (χ1v) is 6.71. The average molecular weight is 290 g/mol. The largest absolute Gasteiger partial charge is 0.344 e. The molecule has 19 heavy (non-hydrogen) atoms. The Kier molecular flexibility index (Phi) is 5.05. The maximum atomic E-state index is 11.6. The molecule has 8 heteroatoms. The van der Waals surface area contributed by atoms with Crippen LogP contribution in [-0.2, 0) is 19.7 Å². The number of hydrogen-bond donors (Lipinski definition) is 3.